The molecule has 0 bridgehead atoms. The molecule has 0 amide bonds. The van der Waals surface area contributed by atoms with Crippen LogP contribution in [0.4, 0.5) is 0 Å². The average molecular weight is 269 g/mol. The second-order valence-electron chi connectivity index (χ2n) is 5.45. The van der Waals surface area contributed by atoms with Gasteiger partial charge in [-0.05, 0) is 33.0 Å². The van der Waals surface area contributed by atoms with Gasteiger partial charge in [-0.1, -0.05) is 18.5 Å². The van der Waals surface area contributed by atoms with Crippen molar-refractivity contribution in [1.82, 2.24) is 19.8 Å². The fourth-order valence-electron chi connectivity index (χ4n) is 2.71. The topological polar surface area (TPSA) is 32.3 Å². The van der Waals surface area contributed by atoms with E-state index in [1.807, 2.05) is 6.92 Å². The van der Waals surface area contributed by atoms with E-state index in [9.17, 15) is 0 Å². The highest BCUT2D eigenvalue weighted by atomic mass is 35.5. The van der Waals surface area contributed by atoms with Crippen LogP contribution in [0.1, 0.15) is 18.4 Å². The maximum absolute atomic E-state index is 5.97. The van der Waals surface area contributed by atoms with Gasteiger partial charge in [0.25, 0.3) is 0 Å². The van der Waals surface area contributed by atoms with E-state index < -0.39 is 0 Å². The summed E-state index contributed by atoms with van der Waals surface area (Å²) >= 11 is 5.97. The highest BCUT2D eigenvalue weighted by Gasteiger charge is 2.31. The Morgan fingerprint density at radius 1 is 1.39 bits per heavy atom. The summed E-state index contributed by atoms with van der Waals surface area (Å²) in [4.78, 5) is 13.4. The number of aryl methyl sites for hydroxylation is 1. The van der Waals surface area contributed by atoms with Crippen molar-refractivity contribution < 1.29 is 0 Å². The highest BCUT2D eigenvalue weighted by molar-refractivity contribution is 6.29. The molecule has 1 aliphatic heterocycles. The fourth-order valence-corrected chi connectivity index (χ4v) is 2.96. The molecule has 100 valence electrons. The second kappa shape index (κ2) is 5.51. The van der Waals surface area contributed by atoms with Crippen LogP contribution >= 0.6 is 11.6 Å². The lowest BCUT2D eigenvalue weighted by molar-refractivity contribution is 0.248. The van der Waals surface area contributed by atoms with E-state index in [0.29, 0.717) is 17.1 Å². The van der Waals surface area contributed by atoms with Crippen LogP contribution in [0.3, 0.4) is 0 Å². The number of hydrogen-bond acceptors (Lipinski definition) is 4. The molecule has 0 aromatic carbocycles. The van der Waals surface area contributed by atoms with Crippen molar-refractivity contribution in [1.29, 1.82) is 0 Å². The van der Waals surface area contributed by atoms with Crippen molar-refractivity contribution in [2.45, 2.75) is 26.4 Å². The molecule has 0 radical (unpaired) electrons. The molecule has 1 saturated heterocycles. The lowest BCUT2D eigenvalue weighted by atomic mass is 10.1. The maximum atomic E-state index is 5.97. The number of nitrogens with zero attached hydrogens (tertiary/aromatic N) is 4. The summed E-state index contributed by atoms with van der Waals surface area (Å²) < 4.78 is 0. The zero-order valence-corrected chi connectivity index (χ0v) is 12.3. The number of likely N-dealkylation sites (tertiary alicyclic amines) is 1. The van der Waals surface area contributed by atoms with E-state index in [1.54, 1.807) is 6.07 Å². The van der Waals surface area contributed by atoms with Gasteiger partial charge < -0.3 is 4.90 Å². The van der Waals surface area contributed by atoms with Gasteiger partial charge in [-0.15, -0.1) is 0 Å². The Kier molecular flexibility index (Phi) is 4.20. The molecule has 1 fully saturated rings. The molecule has 4 nitrogen and oxygen atoms in total. The summed E-state index contributed by atoms with van der Waals surface area (Å²) in [6.07, 6.45) is 0. The van der Waals surface area contributed by atoms with Crippen molar-refractivity contribution in [2.24, 2.45) is 5.92 Å². The van der Waals surface area contributed by atoms with E-state index in [4.69, 9.17) is 11.6 Å². The molecule has 2 atom stereocenters. The molecule has 1 aromatic rings. The average Bonchev–Trinajstić information content (AvgIpc) is 2.57. The van der Waals surface area contributed by atoms with Crippen LogP contribution in [-0.4, -0.2) is 53.0 Å². The molecule has 2 unspecified atom stereocenters. The molecule has 0 spiro atoms. The summed E-state index contributed by atoms with van der Waals surface area (Å²) in [6, 6.07) is 2.41. The van der Waals surface area contributed by atoms with Crippen molar-refractivity contribution in [3.63, 3.8) is 0 Å². The molecule has 0 saturated carbocycles. The van der Waals surface area contributed by atoms with Gasteiger partial charge in [-0.2, -0.15) is 0 Å². The van der Waals surface area contributed by atoms with E-state index in [-0.39, 0.29) is 0 Å². The third-order valence-electron chi connectivity index (χ3n) is 3.55. The summed E-state index contributed by atoms with van der Waals surface area (Å²) in [5.41, 5.74) is 0.932. The third kappa shape index (κ3) is 3.19. The zero-order valence-electron chi connectivity index (χ0n) is 11.5. The van der Waals surface area contributed by atoms with E-state index in [0.717, 1.165) is 31.2 Å². The quantitative estimate of drug-likeness (QED) is 0.783. The van der Waals surface area contributed by atoms with Crippen LogP contribution in [0, 0.1) is 12.8 Å². The smallest absolute Gasteiger partial charge is 0.144 e. The Bertz CT molecular complexity index is 401. The van der Waals surface area contributed by atoms with Crippen LogP contribution in [0.15, 0.2) is 6.07 Å². The van der Waals surface area contributed by atoms with E-state index in [2.05, 4.69) is 40.8 Å². The largest absolute Gasteiger partial charge is 0.305 e. The summed E-state index contributed by atoms with van der Waals surface area (Å²) in [5.74, 6) is 1.51. The van der Waals surface area contributed by atoms with Gasteiger partial charge >= 0.3 is 0 Å². The van der Waals surface area contributed by atoms with Gasteiger partial charge in [0.05, 0.1) is 6.54 Å². The van der Waals surface area contributed by atoms with Crippen molar-refractivity contribution in [3.8, 4) is 0 Å². The highest BCUT2D eigenvalue weighted by Crippen LogP contribution is 2.21. The Morgan fingerprint density at radius 2 is 2.11 bits per heavy atom. The summed E-state index contributed by atoms with van der Waals surface area (Å²) in [5, 5.41) is 0.536. The molecular weight excluding hydrogens is 248 g/mol. The van der Waals surface area contributed by atoms with Gasteiger partial charge in [0.1, 0.15) is 11.0 Å². The second-order valence-corrected chi connectivity index (χ2v) is 5.84. The molecule has 5 heteroatoms. The minimum absolute atomic E-state index is 0.536. The van der Waals surface area contributed by atoms with Gasteiger partial charge in [0.15, 0.2) is 0 Å². The number of halogens is 1. The number of rotatable bonds is 3. The first-order chi connectivity index (χ1) is 8.45. The SMILES string of the molecule is Cc1cc(Cl)nc(CN2CC(C)C(N(C)C)C2)n1. The van der Waals surface area contributed by atoms with E-state index >= 15 is 0 Å². The van der Waals surface area contributed by atoms with Crippen LogP contribution < -0.4 is 0 Å². The van der Waals surface area contributed by atoms with Crippen molar-refractivity contribution in [2.75, 3.05) is 27.2 Å². The normalized spacial score (nSPS) is 25.0. The Morgan fingerprint density at radius 3 is 2.67 bits per heavy atom. The van der Waals surface area contributed by atoms with Crippen LogP contribution in [-0.2, 0) is 6.54 Å². The summed E-state index contributed by atoms with van der Waals surface area (Å²) in [7, 11) is 4.29. The monoisotopic (exact) mass is 268 g/mol. The van der Waals surface area contributed by atoms with Gasteiger partial charge in [-0.3, -0.25) is 4.90 Å². The molecule has 0 N–H and O–H groups in total. The minimum Gasteiger partial charge on any atom is -0.305 e. The van der Waals surface area contributed by atoms with Gasteiger partial charge in [0, 0.05) is 24.8 Å². The van der Waals surface area contributed by atoms with Crippen LogP contribution in [0.25, 0.3) is 0 Å². The van der Waals surface area contributed by atoms with E-state index in [1.165, 1.54) is 0 Å². The molecular formula is C13H21ClN4. The van der Waals surface area contributed by atoms with Crippen LogP contribution in [0.2, 0.25) is 5.15 Å². The van der Waals surface area contributed by atoms with Gasteiger partial charge in [-0.25, -0.2) is 9.97 Å². The molecule has 1 aliphatic rings. The first-order valence-electron chi connectivity index (χ1n) is 6.34. The first kappa shape index (κ1) is 13.7. The zero-order chi connectivity index (χ0) is 13.3. The Hall–Kier alpha value is -0.710. The van der Waals surface area contributed by atoms with Gasteiger partial charge in [0.2, 0.25) is 0 Å². The van der Waals surface area contributed by atoms with Crippen LogP contribution in [0.5, 0.6) is 0 Å². The molecule has 1 aromatic heterocycles. The Labute approximate surface area is 114 Å². The fraction of sp³-hybridized carbons (Fsp3) is 0.692. The lowest BCUT2D eigenvalue weighted by Crippen LogP contribution is -2.34. The lowest BCUT2D eigenvalue weighted by Gasteiger charge is -2.22. The number of aromatic nitrogens is 2. The molecule has 2 rings (SSSR count). The molecule has 2 heterocycles. The minimum atomic E-state index is 0.536. The number of likely N-dealkylation sites (N-methyl/N-ethyl adjacent to an activating group) is 1. The maximum Gasteiger partial charge on any atom is 0.144 e. The predicted octanol–water partition coefficient (Wildman–Crippen LogP) is 1.82. The molecule has 18 heavy (non-hydrogen) atoms. The molecule has 0 aliphatic carbocycles. The Balaban J connectivity index is 2.02. The first-order valence-corrected chi connectivity index (χ1v) is 6.72. The third-order valence-corrected chi connectivity index (χ3v) is 3.74. The standard InChI is InChI=1S/C13H21ClN4/c1-9-6-18(7-11(9)17(3)4)8-13-15-10(2)5-12(14)16-13/h5,9,11H,6-8H2,1-4H3. The summed E-state index contributed by atoms with van der Waals surface area (Å²) in [6.45, 7) is 7.21. The van der Waals surface area contributed by atoms with Crippen molar-refractivity contribution >= 4 is 11.6 Å². The van der Waals surface area contributed by atoms with Crippen molar-refractivity contribution in [3.05, 3.63) is 22.7 Å². The number of hydrogen-bond donors (Lipinski definition) is 0. The predicted molar refractivity (Wildman–Crippen MR) is 73.7 cm³/mol.